The number of hydrogen-bond donors (Lipinski definition) is 2. The highest BCUT2D eigenvalue weighted by molar-refractivity contribution is 7.94. The molecule has 0 amide bonds. The molecule has 0 aliphatic carbocycles. The minimum absolute atomic E-state index is 0.0479. The highest BCUT2D eigenvalue weighted by Gasteiger charge is 2.27. The molecule has 30 heavy (non-hydrogen) atoms. The SMILES string of the molecule is O=C(O)c1cnc(N2CCC[C@@H](CN3CCCC3)C2)c(NS(=O)(=O)c2cccs2)c1. The number of hydrogen-bond acceptors (Lipinski definition) is 7. The maximum atomic E-state index is 12.8. The van der Waals surface area contributed by atoms with Gasteiger partial charge in [-0.3, -0.25) is 4.72 Å². The van der Waals surface area contributed by atoms with Crippen LogP contribution in [-0.4, -0.2) is 62.1 Å². The predicted octanol–water partition coefficient (Wildman–Crippen LogP) is 2.95. The summed E-state index contributed by atoms with van der Waals surface area (Å²) in [6, 6.07) is 4.55. The van der Waals surface area contributed by atoms with E-state index in [1.54, 1.807) is 11.4 Å². The van der Waals surface area contributed by atoms with Gasteiger partial charge in [-0.2, -0.15) is 0 Å². The number of carbonyl (C=O) groups is 1. The van der Waals surface area contributed by atoms with Crippen molar-refractivity contribution in [3.63, 3.8) is 0 Å². The predicted molar refractivity (Wildman–Crippen MR) is 117 cm³/mol. The number of piperidine rings is 1. The third-order valence-electron chi connectivity index (χ3n) is 5.65. The number of pyridine rings is 1. The van der Waals surface area contributed by atoms with Crippen molar-refractivity contribution in [1.29, 1.82) is 0 Å². The average Bonchev–Trinajstić information content (AvgIpc) is 3.42. The van der Waals surface area contributed by atoms with Crippen molar-refractivity contribution >= 4 is 38.8 Å². The number of nitrogens with one attached hydrogen (secondary N) is 1. The highest BCUT2D eigenvalue weighted by atomic mass is 32.2. The van der Waals surface area contributed by atoms with Gasteiger partial charge >= 0.3 is 5.97 Å². The molecule has 2 N–H and O–H groups in total. The van der Waals surface area contributed by atoms with Crippen LogP contribution in [0.15, 0.2) is 34.0 Å². The van der Waals surface area contributed by atoms with Gasteiger partial charge in [0.2, 0.25) is 0 Å². The van der Waals surface area contributed by atoms with Crippen molar-refractivity contribution in [2.45, 2.75) is 29.9 Å². The topological polar surface area (TPSA) is 103 Å². The smallest absolute Gasteiger partial charge is 0.337 e. The quantitative estimate of drug-likeness (QED) is 0.668. The number of sulfonamides is 1. The Morgan fingerprint density at radius 3 is 2.77 bits per heavy atom. The lowest BCUT2D eigenvalue weighted by atomic mass is 9.97. The number of anilines is 2. The molecule has 0 bridgehead atoms. The molecule has 0 saturated carbocycles. The Bertz CT molecular complexity index is 988. The number of nitrogens with zero attached hydrogens (tertiary/aromatic N) is 3. The number of thiophene rings is 1. The Balaban J connectivity index is 1.59. The molecule has 2 aromatic heterocycles. The van der Waals surface area contributed by atoms with Gasteiger partial charge in [0, 0.05) is 25.8 Å². The molecule has 8 nitrogen and oxygen atoms in total. The Morgan fingerprint density at radius 1 is 1.27 bits per heavy atom. The average molecular weight is 451 g/mol. The molecule has 10 heteroatoms. The van der Waals surface area contributed by atoms with Gasteiger partial charge in [0.05, 0.1) is 11.3 Å². The summed E-state index contributed by atoms with van der Waals surface area (Å²) in [7, 11) is -3.81. The zero-order valence-electron chi connectivity index (χ0n) is 16.7. The van der Waals surface area contributed by atoms with Gasteiger partial charge in [-0.25, -0.2) is 18.2 Å². The summed E-state index contributed by atoms with van der Waals surface area (Å²) in [5, 5.41) is 11.0. The second-order valence-corrected chi connectivity index (χ2v) is 10.8. The first-order valence-electron chi connectivity index (χ1n) is 10.2. The molecule has 2 aliphatic heterocycles. The number of carboxylic acid groups (broad SMARTS) is 1. The molecule has 0 spiro atoms. The molecule has 2 aromatic rings. The maximum absolute atomic E-state index is 12.8. The normalized spacial score (nSPS) is 20.4. The second kappa shape index (κ2) is 8.91. The van der Waals surface area contributed by atoms with Crippen LogP contribution in [-0.2, 0) is 10.0 Å². The molecular formula is C20H26N4O4S2. The third kappa shape index (κ3) is 4.76. The molecule has 162 valence electrons. The van der Waals surface area contributed by atoms with E-state index in [0.717, 1.165) is 56.9 Å². The van der Waals surface area contributed by atoms with E-state index in [4.69, 9.17) is 0 Å². The van der Waals surface area contributed by atoms with Crippen molar-refractivity contribution in [1.82, 2.24) is 9.88 Å². The van der Waals surface area contributed by atoms with Crippen LogP contribution in [0.1, 0.15) is 36.0 Å². The number of aromatic carboxylic acids is 1. The maximum Gasteiger partial charge on any atom is 0.337 e. The highest BCUT2D eigenvalue weighted by Crippen LogP contribution is 2.31. The summed E-state index contributed by atoms with van der Waals surface area (Å²) in [4.78, 5) is 20.4. The Labute approximate surface area is 180 Å². The van der Waals surface area contributed by atoms with Crippen molar-refractivity contribution in [2.75, 3.05) is 42.3 Å². The van der Waals surface area contributed by atoms with E-state index in [9.17, 15) is 18.3 Å². The lowest BCUT2D eigenvalue weighted by Crippen LogP contribution is -2.41. The lowest BCUT2D eigenvalue weighted by Gasteiger charge is -2.36. The molecule has 0 radical (unpaired) electrons. The van der Waals surface area contributed by atoms with E-state index >= 15 is 0 Å². The van der Waals surface area contributed by atoms with Crippen LogP contribution in [0.5, 0.6) is 0 Å². The number of aromatic nitrogens is 1. The van der Waals surface area contributed by atoms with Crippen LogP contribution in [0.25, 0.3) is 0 Å². The minimum atomic E-state index is -3.81. The van der Waals surface area contributed by atoms with Crippen molar-refractivity contribution in [3.05, 3.63) is 35.3 Å². The van der Waals surface area contributed by atoms with E-state index in [0.29, 0.717) is 11.7 Å². The van der Waals surface area contributed by atoms with Crippen molar-refractivity contribution in [3.8, 4) is 0 Å². The molecule has 0 unspecified atom stereocenters. The van der Waals surface area contributed by atoms with Crippen LogP contribution in [0.2, 0.25) is 0 Å². The Hall–Kier alpha value is -2.17. The summed E-state index contributed by atoms with van der Waals surface area (Å²) < 4.78 is 28.3. The van der Waals surface area contributed by atoms with Gasteiger partial charge in [0.15, 0.2) is 5.82 Å². The molecule has 4 rings (SSSR count). The fourth-order valence-corrected chi connectivity index (χ4v) is 6.29. The minimum Gasteiger partial charge on any atom is -0.478 e. The van der Waals surface area contributed by atoms with Gasteiger partial charge in [-0.1, -0.05) is 6.07 Å². The monoisotopic (exact) mass is 450 g/mol. The Morgan fingerprint density at radius 2 is 2.07 bits per heavy atom. The third-order valence-corrected chi connectivity index (χ3v) is 8.41. The first-order chi connectivity index (χ1) is 14.4. The zero-order valence-corrected chi connectivity index (χ0v) is 18.3. The van der Waals surface area contributed by atoms with E-state index < -0.39 is 16.0 Å². The summed E-state index contributed by atoms with van der Waals surface area (Å²) in [5.41, 5.74) is 0.165. The fraction of sp³-hybridized carbons (Fsp3) is 0.500. The largest absolute Gasteiger partial charge is 0.478 e. The number of carboxylic acids is 1. The molecule has 2 saturated heterocycles. The summed E-state index contributed by atoms with van der Waals surface area (Å²) in [6.07, 6.45) is 5.94. The molecular weight excluding hydrogens is 424 g/mol. The van der Waals surface area contributed by atoms with Crippen LogP contribution in [0.3, 0.4) is 0 Å². The van der Waals surface area contributed by atoms with Crippen LogP contribution in [0, 0.1) is 5.92 Å². The molecule has 2 fully saturated rings. The van der Waals surface area contributed by atoms with E-state index in [-0.39, 0.29) is 15.5 Å². The van der Waals surface area contributed by atoms with Gasteiger partial charge in [0.1, 0.15) is 4.21 Å². The number of likely N-dealkylation sites (tertiary alicyclic amines) is 1. The summed E-state index contributed by atoms with van der Waals surface area (Å²) in [6.45, 7) is 4.88. The fourth-order valence-electron chi connectivity index (χ4n) is 4.25. The van der Waals surface area contributed by atoms with E-state index in [1.807, 2.05) is 0 Å². The molecule has 1 atom stereocenters. The van der Waals surface area contributed by atoms with Gasteiger partial charge in [-0.05, 0) is 62.2 Å². The van der Waals surface area contributed by atoms with E-state index in [2.05, 4.69) is 19.5 Å². The van der Waals surface area contributed by atoms with Crippen LogP contribution < -0.4 is 9.62 Å². The zero-order chi connectivity index (χ0) is 21.1. The van der Waals surface area contributed by atoms with Crippen LogP contribution >= 0.6 is 11.3 Å². The lowest BCUT2D eigenvalue weighted by molar-refractivity contribution is 0.0696. The molecule has 0 aromatic carbocycles. The Kier molecular flexibility index (Phi) is 6.26. The molecule has 2 aliphatic rings. The molecule has 4 heterocycles. The van der Waals surface area contributed by atoms with Crippen molar-refractivity contribution < 1.29 is 18.3 Å². The van der Waals surface area contributed by atoms with Crippen LogP contribution in [0.4, 0.5) is 11.5 Å². The summed E-state index contributed by atoms with van der Waals surface area (Å²) in [5.74, 6) is -0.165. The number of rotatable bonds is 7. The van der Waals surface area contributed by atoms with E-state index in [1.165, 1.54) is 31.2 Å². The summed E-state index contributed by atoms with van der Waals surface area (Å²) >= 11 is 1.11. The second-order valence-electron chi connectivity index (χ2n) is 7.90. The van der Waals surface area contributed by atoms with Gasteiger partial charge in [0.25, 0.3) is 10.0 Å². The first-order valence-corrected chi connectivity index (χ1v) is 12.6. The first kappa shape index (κ1) is 21.1. The standard InChI is InChI=1S/C20H26N4O4S2/c25-20(26)16-11-17(22-30(27,28)18-6-4-10-29-18)19(21-12-16)24-9-3-5-15(14-24)13-23-7-1-2-8-23/h4,6,10-12,15,22H,1-3,5,7-9,13-14H2,(H,25,26)/t15-/m0/s1. The van der Waals surface area contributed by atoms with Gasteiger partial charge < -0.3 is 14.9 Å². The van der Waals surface area contributed by atoms with Crippen molar-refractivity contribution in [2.24, 2.45) is 5.92 Å². The van der Waals surface area contributed by atoms with Gasteiger partial charge in [-0.15, -0.1) is 11.3 Å².